The SMILES string of the molecule is Cc1cc2c(cc1CN(C)CNN)OCCO2. The Kier molecular flexibility index (Phi) is 3.83. The molecular weight excluding hydrogens is 218 g/mol. The van der Waals surface area contributed by atoms with Crippen LogP contribution in [0.4, 0.5) is 0 Å². The molecule has 1 aliphatic rings. The van der Waals surface area contributed by atoms with Crippen LogP contribution in [0.15, 0.2) is 12.1 Å². The van der Waals surface area contributed by atoms with Crippen LogP contribution >= 0.6 is 0 Å². The number of nitrogens with two attached hydrogens (primary N) is 1. The monoisotopic (exact) mass is 237 g/mol. The summed E-state index contributed by atoms with van der Waals surface area (Å²) in [7, 11) is 2.01. The maximum absolute atomic E-state index is 5.58. The smallest absolute Gasteiger partial charge is 0.161 e. The molecule has 0 unspecified atom stereocenters. The quantitative estimate of drug-likeness (QED) is 0.457. The third-order valence-electron chi connectivity index (χ3n) is 2.80. The van der Waals surface area contributed by atoms with E-state index < -0.39 is 0 Å². The van der Waals surface area contributed by atoms with Crippen LogP contribution < -0.4 is 20.7 Å². The summed E-state index contributed by atoms with van der Waals surface area (Å²) in [4.78, 5) is 2.10. The van der Waals surface area contributed by atoms with E-state index in [4.69, 9.17) is 15.3 Å². The molecule has 0 saturated heterocycles. The molecule has 0 atom stereocenters. The number of hydrazine groups is 1. The molecule has 5 heteroatoms. The maximum atomic E-state index is 5.58. The summed E-state index contributed by atoms with van der Waals surface area (Å²) >= 11 is 0. The average molecular weight is 237 g/mol. The predicted molar refractivity (Wildman–Crippen MR) is 65.8 cm³/mol. The topological polar surface area (TPSA) is 59.8 Å². The number of aryl methyl sites for hydroxylation is 1. The van der Waals surface area contributed by atoms with Gasteiger partial charge in [-0.3, -0.25) is 10.7 Å². The van der Waals surface area contributed by atoms with Crippen molar-refractivity contribution in [2.45, 2.75) is 13.5 Å². The lowest BCUT2D eigenvalue weighted by molar-refractivity contribution is 0.171. The summed E-state index contributed by atoms with van der Waals surface area (Å²) in [6.07, 6.45) is 0. The minimum Gasteiger partial charge on any atom is -0.486 e. The lowest BCUT2D eigenvalue weighted by atomic mass is 10.1. The highest BCUT2D eigenvalue weighted by Gasteiger charge is 2.14. The largest absolute Gasteiger partial charge is 0.486 e. The zero-order chi connectivity index (χ0) is 12.3. The van der Waals surface area contributed by atoms with E-state index in [1.54, 1.807) is 0 Å². The van der Waals surface area contributed by atoms with E-state index in [0.717, 1.165) is 18.0 Å². The van der Waals surface area contributed by atoms with Gasteiger partial charge in [0.25, 0.3) is 0 Å². The molecular formula is C12H19N3O2. The zero-order valence-corrected chi connectivity index (χ0v) is 10.3. The molecule has 1 aromatic carbocycles. The van der Waals surface area contributed by atoms with Crippen molar-refractivity contribution in [3.8, 4) is 11.5 Å². The first-order valence-corrected chi connectivity index (χ1v) is 5.72. The fraction of sp³-hybridized carbons (Fsp3) is 0.500. The van der Waals surface area contributed by atoms with Crippen LogP contribution in [0.1, 0.15) is 11.1 Å². The van der Waals surface area contributed by atoms with Crippen LogP contribution in [0.25, 0.3) is 0 Å². The fourth-order valence-corrected chi connectivity index (χ4v) is 1.91. The van der Waals surface area contributed by atoms with E-state index in [1.165, 1.54) is 11.1 Å². The van der Waals surface area contributed by atoms with Gasteiger partial charge in [0, 0.05) is 6.54 Å². The highest BCUT2D eigenvalue weighted by atomic mass is 16.6. The van der Waals surface area contributed by atoms with Gasteiger partial charge in [0.15, 0.2) is 11.5 Å². The van der Waals surface area contributed by atoms with Gasteiger partial charge in [-0.05, 0) is 37.2 Å². The molecule has 1 heterocycles. The number of hydrogen-bond donors (Lipinski definition) is 2. The lowest BCUT2D eigenvalue weighted by Gasteiger charge is -2.22. The summed E-state index contributed by atoms with van der Waals surface area (Å²) in [5.74, 6) is 6.98. The summed E-state index contributed by atoms with van der Waals surface area (Å²) in [5, 5.41) is 0. The number of nitrogens with zero attached hydrogens (tertiary/aromatic N) is 1. The van der Waals surface area contributed by atoms with Gasteiger partial charge >= 0.3 is 0 Å². The average Bonchev–Trinajstić information content (AvgIpc) is 2.30. The molecule has 0 fully saturated rings. The van der Waals surface area contributed by atoms with Crippen molar-refractivity contribution in [1.82, 2.24) is 10.3 Å². The van der Waals surface area contributed by atoms with E-state index in [9.17, 15) is 0 Å². The molecule has 1 aliphatic heterocycles. The molecule has 3 N–H and O–H groups in total. The minimum atomic E-state index is 0.621. The van der Waals surface area contributed by atoms with Crippen molar-refractivity contribution in [3.63, 3.8) is 0 Å². The Morgan fingerprint density at radius 1 is 1.29 bits per heavy atom. The highest BCUT2D eigenvalue weighted by Crippen LogP contribution is 2.33. The van der Waals surface area contributed by atoms with Crippen molar-refractivity contribution in [3.05, 3.63) is 23.3 Å². The first kappa shape index (κ1) is 12.2. The molecule has 0 bridgehead atoms. The molecule has 0 aliphatic carbocycles. The first-order valence-electron chi connectivity index (χ1n) is 5.72. The molecule has 0 radical (unpaired) electrons. The third-order valence-corrected chi connectivity index (χ3v) is 2.80. The molecule has 0 spiro atoms. The third kappa shape index (κ3) is 2.88. The van der Waals surface area contributed by atoms with E-state index in [1.807, 2.05) is 13.1 Å². The number of benzene rings is 1. The van der Waals surface area contributed by atoms with Crippen LogP contribution in [-0.2, 0) is 6.54 Å². The van der Waals surface area contributed by atoms with Crippen LogP contribution in [0.3, 0.4) is 0 Å². The summed E-state index contributed by atoms with van der Waals surface area (Å²) in [5.41, 5.74) is 5.07. The highest BCUT2D eigenvalue weighted by molar-refractivity contribution is 5.47. The minimum absolute atomic E-state index is 0.621. The van der Waals surface area contributed by atoms with Crippen molar-refractivity contribution < 1.29 is 9.47 Å². The second-order valence-corrected chi connectivity index (χ2v) is 4.30. The Balaban J connectivity index is 2.16. The molecule has 1 aromatic rings. The van der Waals surface area contributed by atoms with Crippen molar-refractivity contribution in [1.29, 1.82) is 0 Å². The molecule has 0 saturated carbocycles. The molecule has 5 nitrogen and oxygen atoms in total. The second-order valence-electron chi connectivity index (χ2n) is 4.30. The van der Waals surface area contributed by atoms with E-state index in [2.05, 4.69) is 23.3 Å². The Morgan fingerprint density at radius 2 is 1.94 bits per heavy atom. The van der Waals surface area contributed by atoms with Crippen molar-refractivity contribution in [2.24, 2.45) is 5.84 Å². The van der Waals surface area contributed by atoms with Gasteiger partial charge in [-0.2, -0.15) is 0 Å². The molecule has 0 amide bonds. The summed E-state index contributed by atoms with van der Waals surface area (Å²) in [6, 6.07) is 4.09. The maximum Gasteiger partial charge on any atom is 0.161 e. The molecule has 94 valence electrons. The first-order chi connectivity index (χ1) is 8.20. The normalized spacial score (nSPS) is 14.1. The summed E-state index contributed by atoms with van der Waals surface area (Å²) < 4.78 is 11.1. The number of hydrogen-bond acceptors (Lipinski definition) is 5. The number of ether oxygens (including phenoxy) is 2. The van der Waals surface area contributed by atoms with Crippen molar-refractivity contribution in [2.75, 3.05) is 26.9 Å². The Labute approximate surface area is 101 Å². The predicted octanol–water partition coefficient (Wildman–Crippen LogP) is 0.619. The summed E-state index contributed by atoms with van der Waals surface area (Å²) in [6.45, 7) is 4.80. The molecule has 0 aromatic heterocycles. The van der Waals surface area contributed by atoms with E-state index >= 15 is 0 Å². The molecule has 2 rings (SSSR count). The van der Waals surface area contributed by atoms with Crippen LogP contribution in [0.5, 0.6) is 11.5 Å². The van der Waals surface area contributed by atoms with E-state index in [0.29, 0.717) is 19.9 Å². The van der Waals surface area contributed by atoms with Gasteiger partial charge in [0.2, 0.25) is 0 Å². The van der Waals surface area contributed by atoms with Crippen LogP contribution in [0, 0.1) is 6.92 Å². The van der Waals surface area contributed by atoms with Gasteiger partial charge in [-0.15, -0.1) is 0 Å². The van der Waals surface area contributed by atoms with Gasteiger partial charge in [-0.25, -0.2) is 5.43 Å². The van der Waals surface area contributed by atoms with E-state index in [-0.39, 0.29) is 0 Å². The van der Waals surface area contributed by atoms with Crippen molar-refractivity contribution >= 4 is 0 Å². The number of nitrogens with one attached hydrogen (secondary N) is 1. The van der Waals surface area contributed by atoms with Crippen LogP contribution in [-0.4, -0.2) is 31.8 Å². The Bertz CT molecular complexity index is 396. The Hall–Kier alpha value is -1.30. The van der Waals surface area contributed by atoms with Gasteiger partial charge in [-0.1, -0.05) is 0 Å². The second kappa shape index (κ2) is 5.35. The molecule has 17 heavy (non-hydrogen) atoms. The van der Waals surface area contributed by atoms with Gasteiger partial charge < -0.3 is 9.47 Å². The number of rotatable bonds is 4. The standard InChI is InChI=1S/C12H19N3O2/c1-9-5-11-12(17-4-3-16-11)6-10(9)7-15(2)8-14-13/h5-6,14H,3-4,7-8,13H2,1-2H3. The lowest BCUT2D eigenvalue weighted by Crippen LogP contribution is -2.35. The van der Waals surface area contributed by atoms with Crippen LogP contribution in [0.2, 0.25) is 0 Å². The fourth-order valence-electron chi connectivity index (χ4n) is 1.91. The van der Waals surface area contributed by atoms with Gasteiger partial charge in [0.05, 0.1) is 6.67 Å². The zero-order valence-electron chi connectivity index (χ0n) is 10.3. The number of fused-ring (bicyclic) bond motifs is 1. The Morgan fingerprint density at radius 3 is 2.59 bits per heavy atom. The van der Waals surface area contributed by atoms with Gasteiger partial charge in [0.1, 0.15) is 13.2 Å².